The Morgan fingerprint density at radius 1 is 1.04 bits per heavy atom. The highest BCUT2D eigenvalue weighted by Crippen LogP contribution is 2.22. The van der Waals surface area contributed by atoms with Gasteiger partial charge in [-0.05, 0) is 56.4 Å². The van der Waals surface area contributed by atoms with Crippen molar-refractivity contribution in [2.75, 3.05) is 18.0 Å². The number of hydrogen-bond donors (Lipinski definition) is 2. The third-order valence-corrected chi connectivity index (χ3v) is 4.99. The standard InChI is InChI=1S/C19H29N3O/c1-14(2)20-17-10-11-18(17)21-19(23)15-6-8-16(9-7-15)22-12-4-3-5-13-22/h6-9,14,17-18,20H,3-5,10-13H2,1-2H3,(H,21,23)/t17-,18+/m1/s1. The molecule has 3 rings (SSSR count). The summed E-state index contributed by atoms with van der Waals surface area (Å²) in [5.41, 5.74) is 2.00. The molecule has 0 bridgehead atoms. The van der Waals surface area contributed by atoms with Crippen LogP contribution >= 0.6 is 0 Å². The SMILES string of the molecule is CC(C)N[C@@H]1CC[C@@H]1NC(=O)c1ccc(N2CCCCC2)cc1. The predicted molar refractivity (Wildman–Crippen MR) is 95.1 cm³/mol. The Morgan fingerprint density at radius 2 is 1.70 bits per heavy atom. The topological polar surface area (TPSA) is 44.4 Å². The van der Waals surface area contributed by atoms with Crippen molar-refractivity contribution in [2.45, 2.75) is 64.1 Å². The lowest BCUT2D eigenvalue weighted by Crippen LogP contribution is -2.58. The van der Waals surface area contributed by atoms with Gasteiger partial charge in [-0.3, -0.25) is 4.79 Å². The molecule has 126 valence electrons. The second-order valence-electron chi connectivity index (χ2n) is 7.18. The highest BCUT2D eigenvalue weighted by molar-refractivity contribution is 5.94. The number of nitrogens with zero attached hydrogens (tertiary/aromatic N) is 1. The van der Waals surface area contributed by atoms with Gasteiger partial charge in [-0.25, -0.2) is 0 Å². The van der Waals surface area contributed by atoms with E-state index in [0.717, 1.165) is 31.5 Å². The first-order valence-electron chi connectivity index (χ1n) is 9.05. The minimum Gasteiger partial charge on any atom is -0.372 e. The summed E-state index contributed by atoms with van der Waals surface area (Å²) in [7, 11) is 0. The van der Waals surface area contributed by atoms with E-state index >= 15 is 0 Å². The molecule has 1 aliphatic carbocycles. The summed E-state index contributed by atoms with van der Waals surface area (Å²) in [6, 6.07) is 9.25. The van der Waals surface area contributed by atoms with Gasteiger partial charge in [0.05, 0.1) is 0 Å². The molecule has 0 radical (unpaired) electrons. The van der Waals surface area contributed by atoms with Gasteiger partial charge in [0.2, 0.25) is 0 Å². The lowest BCUT2D eigenvalue weighted by Gasteiger charge is -2.39. The normalized spacial score (nSPS) is 24.4. The molecule has 0 aromatic heterocycles. The van der Waals surface area contributed by atoms with E-state index in [9.17, 15) is 4.79 Å². The van der Waals surface area contributed by atoms with Crippen molar-refractivity contribution >= 4 is 11.6 Å². The van der Waals surface area contributed by atoms with E-state index in [1.807, 2.05) is 12.1 Å². The monoisotopic (exact) mass is 315 g/mol. The van der Waals surface area contributed by atoms with E-state index in [-0.39, 0.29) is 11.9 Å². The van der Waals surface area contributed by atoms with Gasteiger partial charge in [0.1, 0.15) is 0 Å². The molecule has 1 aromatic rings. The van der Waals surface area contributed by atoms with Crippen molar-refractivity contribution in [3.8, 4) is 0 Å². The predicted octanol–water partition coefficient (Wildman–Crippen LogP) is 2.94. The van der Waals surface area contributed by atoms with Crippen LogP contribution in [0.25, 0.3) is 0 Å². The van der Waals surface area contributed by atoms with E-state index in [0.29, 0.717) is 12.1 Å². The average molecular weight is 315 g/mol. The van der Waals surface area contributed by atoms with Gasteiger partial charge >= 0.3 is 0 Å². The number of carbonyl (C=O) groups excluding carboxylic acids is 1. The second-order valence-corrected chi connectivity index (χ2v) is 7.18. The van der Waals surface area contributed by atoms with Gasteiger partial charge in [-0.1, -0.05) is 13.8 Å². The van der Waals surface area contributed by atoms with Gasteiger partial charge in [0, 0.05) is 42.5 Å². The van der Waals surface area contributed by atoms with E-state index in [2.05, 4.69) is 41.5 Å². The first-order valence-corrected chi connectivity index (χ1v) is 9.05. The van der Waals surface area contributed by atoms with Crippen molar-refractivity contribution in [3.63, 3.8) is 0 Å². The van der Waals surface area contributed by atoms with Gasteiger partial charge < -0.3 is 15.5 Å². The fourth-order valence-electron chi connectivity index (χ4n) is 3.53. The molecule has 2 N–H and O–H groups in total. The quantitative estimate of drug-likeness (QED) is 0.878. The Kier molecular flexibility index (Phi) is 5.21. The van der Waals surface area contributed by atoms with Crippen LogP contribution in [0, 0.1) is 0 Å². The molecule has 2 fully saturated rings. The van der Waals surface area contributed by atoms with Gasteiger partial charge in [0.25, 0.3) is 5.91 Å². The van der Waals surface area contributed by atoms with Crippen LogP contribution in [-0.4, -0.2) is 37.1 Å². The molecule has 4 nitrogen and oxygen atoms in total. The Balaban J connectivity index is 1.55. The molecule has 1 amide bonds. The zero-order valence-electron chi connectivity index (χ0n) is 14.3. The second kappa shape index (κ2) is 7.35. The molecule has 1 heterocycles. The molecule has 0 spiro atoms. The average Bonchev–Trinajstić information content (AvgIpc) is 2.57. The van der Waals surface area contributed by atoms with Gasteiger partial charge in [-0.15, -0.1) is 0 Å². The summed E-state index contributed by atoms with van der Waals surface area (Å²) >= 11 is 0. The maximum absolute atomic E-state index is 12.4. The lowest BCUT2D eigenvalue weighted by atomic mass is 9.85. The minimum atomic E-state index is 0.0513. The number of hydrogen-bond acceptors (Lipinski definition) is 3. The number of amides is 1. The van der Waals surface area contributed by atoms with Crippen molar-refractivity contribution in [1.29, 1.82) is 0 Å². The fourth-order valence-corrected chi connectivity index (χ4v) is 3.53. The van der Waals surface area contributed by atoms with E-state index in [1.165, 1.54) is 24.9 Å². The van der Waals surface area contributed by atoms with Crippen LogP contribution in [0.3, 0.4) is 0 Å². The van der Waals surface area contributed by atoms with Gasteiger partial charge in [-0.2, -0.15) is 0 Å². The van der Waals surface area contributed by atoms with Crippen LogP contribution < -0.4 is 15.5 Å². The van der Waals surface area contributed by atoms with Crippen molar-refractivity contribution in [3.05, 3.63) is 29.8 Å². The van der Waals surface area contributed by atoms with E-state index in [4.69, 9.17) is 0 Å². The number of anilines is 1. The molecule has 2 aliphatic rings. The molecular weight excluding hydrogens is 286 g/mol. The summed E-state index contributed by atoms with van der Waals surface area (Å²) < 4.78 is 0. The van der Waals surface area contributed by atoms with Crippen LogP contribution in [0.2, 0.25) is 0 Å². The minimum absolute atomic E-state index is 0.0513. The van der Waals surface area contributed by atoms with Crippen LogP contribution in [0.15, 0.2) is 24.3 Å². The molecule has 1 saturated heterocycles. The number of rotatable bonds is 5. The zero-order valence-corrected chi connectivity index (χ0v) is 14.3. The number of piperidine rings is 1. The molecule has 0 unspecified atom stereocenters. The van der Waals surface area contributed by atoms with E-state index < -0.39 is 0 Å². The highest BCUT2D eigenvalue weighted by atomic mass is 16.1. The number of benzene rings is 1. The third kappa shape index (κ3) is 4.05. The Bertz CT molecular complexity index is 520. The summed E-state index contributed by atoms with van der Waals surface area (Å²) in [6.07, 6.45) is 6.10. The van der Waals surface area contributed by atoms with Crippen LogP contribution in [0.5, 0.6) is 0 Å². The highest BCUT2D eigenvalue weighted by Gasteiger charge is 2.32. The first kappa shape index (κ1) is 16.3. The van der Waals surface area contributed by atoms with Crippen molar-refractivity contribution < 1.29 is 4.79 Å². The molecular formula is C19H29N3O. The maximum Gasteiger partial charge on any atom is 0.251 e. The summed E-state index contributed by atoms with van der Waals surface area (Å²) in [4.78, 5) is 14.8. The molecule has 1 saturated carbocycles. The molecule has 23 heavy (non-hydrogen) atoms. The molecule has 4 heteroatoms. The fraction of sp³-hybridized carbons (Fsp3) is 0.632. The summed E-state index contributed by atoms with van der Waals surface area (Å²) in [5, 5.41) is 6.69. The van der Waals surface area contributed by atoms with Crippen molar-refractivity contribution in [1.82, 2.24) is 10.6 Å². The summed E-state index contributed by atoms with van der Waals surface area (Å²) in [5.74, 6) is 0.0513. The first-order chi connectivity index (χ1) is 11.1. The van der Waals surface area contributed by atoms with Crippen LogP contribution in [-0.2, 0) is 0 Å². The zero-order chi connectivity index (χ0) is 16.2. The molecule has 2 atom stereocenters. The third-order valence-electron chi connectivity index (χ3n) is 4.99. The van der Waals surface area contributed by atoms with Crippen molar-refractivity contribution in [2.24, 2.45) is 0 Å². The summed E-state index contributed by atoms with van der Waals surface area (Å²) in [6.45, 7) is 6.57. The molecule has 1 aliphatic heterocycles. The molecule has 1 aromatic carbocycles. The lowest BCUT2D eigenvalue weighted by molar-refractivity contribution is 0.0891. The van der Waals surface area contributed by atoms with Gasteiger partial charge in [0.15, 0.2) is 0 Å². The maximum atomic E-state index is 12.4. The largest absolute Gasteiger partial charge is 0.372 e. The Labute approximate surface area is 139 Å². The van der Waals surface area contributed by atoms with Crippen LogP contribution in [0.1, 0.15) is 56.3 Å². The smallest absolute Gasteiger partial charge is 0.251 e. The van der Waals surface area contributed by atoms with Crippen LogP contribution in [0.4, 0.5) is 5.69 Å². The Hall–Kier alpha value is -1.55. The number of carbonyl (C=O) groups is 1. The number of nitrogens with one attached hydrogen (secondary N) is 2. The van der Waals surface area contributed by atoms with E-state index in [1.54, 1.807) is 0 Å². The Morgan fingerprint density at radius 3 is 2.26 bits per heavy atom.